The summed E-state index contributed by atoms with van der Waals surface area (Å²) in [5, 5.41) is 4.20. The molecule has 0 bridgehead atoms. The fourth-order valence-corrected chi connectivity index (χ4v) is 2.34. The second-order valence-corrected chi connectivity index (χ2v) is 4.97. The zero-order valence-corrected chi connectivity index (χ0v) is 11.5. The molecule has 1 saturated heterocycles. The number of rotatable bonds is 6. The van der Waals surface area contributed by atoms with Crippen molar-refractivity contribution in [2.75, 3.05) is 18.0 Å². The van der Waals surface area contributed by atoms with E-state index in [0.29, 0.717) is 25.8 Å². The van der Waals surface area contributed by atoms with Gasteiger partial charge in [0.05, 0.1) is 11.9 Å². The highest BCUT2D eigenvalue weighted by atomic mass is 16.1. The van der Waals surface area contributed by atoms with E-state index in [2.05, 4.69) is 10.00 Å². The average molecular weight is 263 g/mol. The fourth-order valence-electron chi connectivity index (χ4n) is 2.34. The lowest BCUT2D eigenvalue weighted by Crippen LogP contribution is -2.26. The summed E-state index contributed by atoms with van der Waals surface area (Å²) in [6.45, 7) is 4.40. The van der Waals surface area contributed by atoms with Crippen LogP contribution in [0.15, 0.2) is 17.1 Å². The molecule has 19 heavy (non-hydrogen) atoms. The van der Waals surface area contributed by atoms with Gasteiger partial charge in [0.15, 0.2) is 0 Å². The number of aromatic nitrogens is 2. The van der Waals surface area contributed by atoms with E-state index in [1.165, 1.54) is 17.5 Å². The van der Waals surface area contributed by atoms with Gasteiger partial charge < -0.3 is 4.90 Å². The lowest BCUT2D eigenvalue weighted by molar-refractivity contribution is -0.118. The number of ketones is 1. The van der Waals surface area contributed by atoms with E-state index in [-0.39, 0.29) is 11.3 Å². The molecule has 2 rings (SSSR count). The molecule has 0 unspecified atom stereocenters. The van der Waals surface area contributed by atoms with Gasteiger partial charge in [-0.3, -0.25) is 9.59 Å². The van der Waals surface area contributed by atoms with Crippen LogP contribution in [0, 0.1) is 0 Å². The van der Waals surface area contributed by atoms with Crippen molar-refractivity contribution in [2.24, 2.45) is 0 Å². The number of nitrogens with zero attached hydrogens (tertiary/aromatic N) is 3. The van der Waals surface area contributed by atoms with Crippen molar-refractivity contribution in [3.8, 4) is 0 Å². The molecule has 1 aliphatic heterocycles. The third-order valence-corrected chi connectivity index (χ3v) is 3.55. The summed E-state index contributed by atoms with van der Waals surface area (Å²) in [5.74, 6) is 0.238. The van der Waals surface area contributed by atoms with Gasteiger partial charge in [0, 0.05) is 38.5 Å². The highest BCUT2D eigenvalue weighted by Crippen LogP contribution is 2.16. The molecule has 5 nitrogen and oxygen atoms in total. The van der Waals surface area contributed by atoms with E-state index < -0.39 is 0 Å². The molecule has 0 saturated carbocycles. The highest BCUT2D eigenvalue weighted by Gasteiger charge is 2.13. The zero-order valence-electron chi connectivity index (χ0n) is 11.5. The molecule has 1 aliphatic rings. The molecule has 1 aromatic heterocycles. The Morgan fingerprint density at radius 1 is 1.37 bits per heavy atom. The van der Waals surface area contributed by atoms with Crippen LogP contribution < -0.4 is 10.5 Å². The second kappa shape index (κ2) is 6.50. The van der Waals surface area contributed by atoms with Crippen LogP contribution in [0.1, 0.15) is 39.0 Å². The van der Waals surface area contributed by atoms with Gasteiger partial charge in [-0.25, -0.2) is 4.68 Å². The van der Waals surface area contributed by atoms with Gasteiger partial charge in [-0.1, -0.05) is 6.92 Å². The highest BCUT2D eigenvalue weighted by molar-refractivity contribution is 5.77. The molecule has 0 aromatic carbocycles. The first-order chi connectivity index (χ1) is 9.20. The van der Waals surface area contributed by atoms with Gasteiger partial charge in [-0.15, -0.1) is 0 Å². The molecule has 0 N–H and O–H groups in total. The van der Waals surface area contributed by atoms with Crippen LogP contribution in [0.3, 0.4) is 0 Å². The summed E-state index contributed by atoms with van der Waals surface area (Å²) in [4.78, 5) is 25.3. The largest absolute Gasteiger partial charge is 0.370 e. The van der Waals surface area contributed by atoms with Gasteiger partial charge in [0.25, 0.3) is 5.56 Å². The Morgan fingerprint density at radius 3 is 2.74 bits per heavy atom. The van der Waals surface area contributed by atoms with E-state index in [0.717, 1.165) is 18.8 Å². The number of carbonyl (C=O) groups is 1. The van der Waals surface area contributed by atoms with Crippen LogP contribution >= 0.6 is 0 Å². The van der Waals surface area contributed by atoms with Gasteiger partial charge in [0.2, 0.25) is 0 Å². The first kappa shape index (κ1) is 13.8. The maximum absolute atomic E-state index is 11.9. The summed E-state index contributed by atoms with van der Waals surface area (Å²) in [7, 11) is 0. The van der Waals surface area contributed by atoms with Crippen molar-refractivity contribution in [2.45, 2.75) is 45.6 Å². The second-order valence-electron chi connectivity index (χ2n) is 4.97. The Kier molecular flexibility index (Phi) is 4.71. The van der Waals surface area contributed by atoms with Gasteiger partial charge in [-0.2, -0.15) is 5.10 Å². The number of carbonyl (C=O) groups excluding carboxylic acids is 1. The Hall–Kier alpha value is -1.65. The van der Waals surface area contributed by atoms with E-state index in [4.69, 9.17) is 0 Å². The molecule has 0 aliphatic carbocycles. The Labute approximate surface area is 113 Å². The van der Waals surface area contributed by atoms with Gasteiger partial charge >= 0.3 is 0 Å². The molecule has 1 fully saturated rings. The molecule has 0 radical (unpaired) electrons. The Bertz CT molecular complexity index is 490. The van der Waals surface area contributed by atoms with Crippen molar-refractivity contribution < 1.29 is 4.79 Å². The van der Waals surface area contributed by atoms with Crippen LogP contribution in [-0.2, 0) is 11.3 Å². The Morgan fingerprint density at radius 2 is 2.11 bits per heavy atom. The lowest BCUT2D eigenvalue weighted by atomic mass is 10.2. The molecule has 5 heteroatoms. The molecule has 1 aromatic rings. The summed E-state index contributed by atoms with van der Waals surface area (Å²) >= 11 is 0. The number of anilines is 1. The predicted octanol–water partition coefficient (Wildman–Crippen LogP) is 1.60. The van der Waals surface area contributed by atoms with Crippen LogP contribution in [0.4, 0.5) is 5.69 Å². The molecule has 0 spiro atoms. The SMILES string of the molecule is CCC(=O)CCCn1ncc(N2CCCC2)cc1=O. The standard InChI is InChI=1S/C14H21N3O2/c1-2-13(18)6-5-9-17-14(19)10-12(11-15-17)16-7-3-4-8-16/h10-11H,2-9H2,1H3. The summed E-state index contributed by atoms with van der Waals surface area (Å²) in [6, 6.07) is 1.65. The minimum atomic E-state index is -0.0756. The van der Waals surface area contributed by atoms with Crippen LogP contribution in [0.5, 0.6) is 0 Å². The molecule has 2 heterocycles. The van der Waals surface area contributed by atoms with E-state index >= 15 is 0 Å². The Balaban J connectivity index is 1.95. The topological polar surface area (TPSA) is 55.2 Å². The van der Waals surface area contributed by atoms with Crippen LogP contribution in [0.25, 0.3) is 0 Å². The van der Waals surface area contributed by atoms with Gasteiger partial charge in [-0.05, 0) is 19.3 Å². The van der Waals surface area contributed by atoms with Crippen molar-refractivity contribution in [3.63, 3.8) is 0 Å². The summed E-state index contributed by atoms with van der Waals surface area (Å²) in [6.07, 6.45) is 5.90. The van der Waals surface area contributed by atoms with Crippen molar-refractivity contribution in [1.82, 2.24) is 9.78 Å². The van der Waals surface area contributed by atoms with E-state index in [1.807, 2.05) is 6.92 Å². The zero-order chi connectivity index (χ0) is 13.7. The van der Waals surface area contributed by atoms with E-state index in [9.17, 15) is 9.59 Å². The molecule has 104 valence electrons. The predicted molar refractivity (Wildman–Crippen MR) is 74.5 cm³/mol. The van der Waals surface area contributed by atoms with Crippen molar-refractivity contribution in [3.05, 3.63) is 22.6 Å². The minimum absolute atomic E-state index is 0.0756. The smallest absolute Gasteiger partial charge is 0.268 e. The number of hydrogen-bond acceptors (Lipinski definition) is 4. The molecule has 0 atom stereocenters. The third-order valence-electron chi connectivity index (χ3n) is 3.55. The maximum atomic E-state index is 11.9. The third kappa shape index (κ3) is 3.66. The molecular formula is C14H21N3O2. The monoisotopic (exact) mass is 263 g/mol. The van der Waals surface area contributed by atoms with Crippen LogP contribution in [-0.4, -0.2) is 28.7 Å². The first-order valence-electron chi connectivity index (χ1n) is 7.04. The minimum Gasteiger partial charge on any atom is -0.370 e. The normalized spacial score (nSPS) is 14.9. The molecular weight excluding hydrogens is 242 g/mol. The average Bonchev–Trinajstić information content (AvgIpc) is 2.94. The van der Waals surface area contributed by atoms with Gasteiger partial charge in [0.1, 0.15) is 5.78 Å². The summed E-state index contributed by atoms with van der Waals surface area (Å²) in [5.41, 5.74) is 0.844. The quantitative estimate of drug-likeness (QED) is 0.782. The van der Waals surface area contributed by atoms with E-state index in [1.54, 1.807) is 12.3 Å². The van der Waals surface area contributed by atoms with Crippen LogP contribution in [0.2, 0.25) is 0 Å². The number of hydrogen-bond donors (Lipinski definition) is 0. The number of Topliss-reactive ketones (excluding diaryl/α,β-unsaturated/α-hetero) is 1. The molecule has 0 amide bonds. The lowest BCUT2D eigenvalue weighted by Gasteiger charge is -2.17. The fraction of sp³-hybridized carbons (Fsp3) is 0.643. The maximum Gasteiger partial charge on any atom is 0.268 e. The van der Waals surface area contributed by atoms with Crippen molar-refractivity contribution in [1.29, 1.82) is 0 Å². The summed E-state index contributed by atoms with van der Waals surface area (Å²) < 4.78 is 1.45. The van der Waals surface area contributed by atoms with Crippen molar-refractivity contribution >= 4 is 11.5 Å². The first-order valence-corrected chi connectivity index (χ1v) is 7.04. The number of aryl methyl sites for hydroxylation is 1.